The quantitative estimate of drug-likeness (QED) is 0.549. The number of fused-ring (bicyclic) bond motifs is 1. The molecule has 0 saturated carbocycles. The first-order valence-corrected chi connectivity index (χ1v) is 6.69. The summed E-state index contributed by atoms with van der Waals surface area (Å²) in [5.41, 5.74) is 6.78. The van der Waals surface area contributed by atoms with Crippen LogP contribution in [-0.2, 0) is 0 Å². The number of aromatic nitrogens is 1. The fraction of sp³-hybridized carbons (Fsp3) is 0.0625. The lowest BCUT2D eigenvalue weighted by atomic mass is 10.0. The number of hydrazine groups is 1. The van der Waals surface area contributed by atoms with Gasteiger partial charge in [0.1, 0.15) is 5.82 Å². The standard InChI is InChI=1S/C16H14ClN3/c1-10-2-7-15-12(8-10)9-14(16(19-15)20-18)11-3-5-13(17)6-4-11/h2-9H,18H2,1H3,(H,19,20). The third-order valence-electron chi connectivity index (χ3n) is 3.26. The van der Waals surface area contributed by atoms with Crippen LogP contribution in [0, 0.1) is 6.92 Å². The van der Waals surface area contributed by atoms with Crippen LogP contribution in [0.25, 0.3) is 22.0 Å². The van der Waals surface area contributed by atoms with Crippen LogP contribution in [-0.4, -0.2) is 4.98 Å². The summed E-state index contributed by atoms with van der Waals surface area (Å²) < 4.78 is 0. The van der Waals surface area contributed by atoms with Crippen molar-refractivity contribution in [2.75, 3.05) is 5.43 Å². The predicted octanol–water partition coefficient (Wildman–Crippen LogP) is 4.15. The molecule has 0 atom stereocenters. The van der Waals surface area contributed by atoms with Crippen LogP contribution in [0.4, 0.5) is 5.82 Å². The van der Waals surface area contributed by atoms with E-state index in [9.17, 15) is 0 Å². The predicted molar refractivity (Wildman–Crippen MR) is 84.7 cm³/mol. The van der Waals surface area contributed by atoms with E-state index >= 15 is 0 Å². The van der Waals surface area contributed by atoms with E-state index in [1.807, 2.05) is 36.4 Å². The summed E-state index contributed by atoms with van der Waals surface area (Å²) in [5, 5.41) is 1.80. The van der Waals surface area contributed by atoms with E-state index < -0.39 is 0 Å². The average molecular weight is 284 g/mol. The second-order valence-electron chi connectivity index (χ2n) is 4.73. The number of benzene rings is 2. The van der Waals surface area contributed by atoms with Gasteiger partial charge in [-0.2, -0.15) is 0 Å². The number of nitrogen functional groups attached to an aromatic ring is 1. The van der Waals surface area contributed by atoms with Crippen LogP contribution in [0.3, 0.4) is 0 Å². The maximum absolute atomic E-state index is 5.93. The van der Waals surface area contributed by atoms with Gasteiger partial charge in [-0.25, -0.2) is 10.8 Å². The Hall–Kier alpha value is -2.10. The number of aryl methyl sites for hydroxylation is 1. The lowest BCUT2D eigenvalue weighted by molar-refractivity contribution is 1.26. The van der Waals surface area contributed by atoms with Gasteiger partial charge < -0.3 is 5.43 Å². The zero-order valence-electron chi connectivity index (χ0n) is 11.0. The van der Waals surface area contributed by atoms with Crippen LogP contribution < -0.4 is 11.3 Å². The first kappa shape index (κ1) is 12.9. The Morgan fingerprint density at radius 3 is 2.50 bits per heavy atom. The van der Waals surface area contributed by atoms with Crippen molar-refractivity contribution in [1.29, 1.82) is 0 Å². The van der Waals surface area contributed by atoms with Crippen LogP contribution in [0.1, 0.15) is 5.56 Å². The van der Waals surface area contributed by atoms with Gasteiger partial charge in [0.2, 0.25) is 0 Å². The molecule has 0 aliphatic heterocycles. The first-order chi connectivity index (χ1) is 9.67. The van der Waals surface area contributed by atoms with E-state index in [0.717, 1.165) is 22.0 Å². The Morgan fingerprint density at radius 2 is 1.80 bits per heavy atom. The number of anilines is 1. The minimum absolute atomic E-state index is 0.656. The molecule has 3 nitrogen and oxygen atoms in total. The zero-order valence-corrected chi connectivity index (χ0v) is 11.8. The number of nitrogens with one attached hydrogen (secondary N) is 1. The molecule has 4 heteroatoms. The number of nitrogens with two attached hydrogens (primary N) is 1. The minimum atomic E-state index is 0.656. The van der Waals surface area contributed by atoms with Crippen molar-refractivity contribution in [2.24, 2.45) is 5.84 Å². The molecule has 0 aliphatic rings. The van der Waals surface area contributed by atoms with E-state index in [1.54, 1.807) is 0 Å². The van der Waals surface area contributed by atoms with Crippen LogP contribution in [0.15, 0.2) is 48.5 Å². The van der Waals surface area contributed by atoms with Gasteiger partial charge in [0.05, 0.1) is 5.52 Å². The van der Waals surface area contributed by atoms with Gasteiger partial charge in [0.15, 0.2) is 0 Å². The highest BCUT2D eigenvalue weighted by atomic mass is 35.5. The van der Waals surface area contributed by atoms with E-state index in [2.05, 4.69) is 29.5 Å². The molecule has 0 aliphatic carbocycles. The van der Waals surface area contributed by atoms with Crippen molar-refractivity contribution in [3.05, 3.63) is 59.1 Å². The molecule has 20 heavy (non-hydrogen) atoms. The van der Waals surface area contributed by atoms with Crippen molar-refractivity contribution in [3.63, 3.8) is 0 Å². The molecule has 0 radical (unpaired) electrons. The molecule has 0 bridgehead atoms. The fourth-order valence-electron chi connectivity index (χ4n) is 2.26. The summed E-state index contributed by atoms with van der Waals surface area (Å²) in [6.45, 7) is 2.07. The molecule has 1 aromatic heterocycles. The Bertz CT molecular complexity index is 767. The number of rotatable bonds is 2. The van der Waals surface area contributed by atoms with Gasteiger partial charge in [-0.3, -0.25) is 0 Å². The fourth-order valence-corrected chi connectivity index (χ4v) is 2.38. The number of pyridine rings is 1. The van der Waals surface area contributed by atoms with Crippen LogP contribution >= 0.6 is 11.6 Å². The molecular formula is C16H14ClN3. The van der Waals surface area contributed by atoms with Crippen molar-refractivity contribution >= 4 is 28.3 Å². The average Bonchev–Trinajstić information content (AvgIpc) is 2.46. The Balaban J connectivity index is 2.24. The van der Waals surface area contributed by atoms with Gasteiger partial charge in [-0.05, 0) is 42.8 Å². The highest BCUT2D eigenvalue weighted by molar-refractivity contribution is 6.30. The summed E-state index contributed by atoms with van der Waals surface area (Å²) in [4.78, 5) is 4.56. The van der Waals surface area contributed by atoms with Crippen molar-refractivity contribution in [3.8, 4) is 11.1 Å². The Kier molecular flexibility index (Phi) is 3.30. The van der Waals surface area contributed by atoms with Crippen molar-refractivity contribution < 1.29 is 0 Å². The highest BCUT2D eigenvalue weighted by Gasteiger charge is 2.08. The van der Waals surface area contributed by atoms with Crippen molar-refractivity contribution in [2.45, 2.75) is 6.92 Å². The molecule has 1 heterocycles. The maximum atomic E-state index is 5.93. The van der Waals surface area contributed by atoms with Gasteiger partial charge in [0.25, 0.3) is 0 Å². The monoisotopic (exact) mass is 283 g/mol. The number of hydrogen-bond acceptors (Lipinski definition) is 3. The van der Waals surface area contributed by atoms with E-state index in [-0.39, 0.29) is 0 Å². The van der Waals surface area contributed by atoms with Gasteiger partial charge in [-0.1, -0.05) is 35.4 Å². The summed E-state index contributed by atoms with van der Waals surface area (Å²) in [7, 11) is 0. The largest absolute Gasteiger partial charge is 0.308 e. The summed E-state index contributed by atoms with van der Waals surface area (Å²) in [5.74, 6) is 6.26. The second-order valence-corrected chi connectivity index (χ2v) is 5.17. The SMILES string of the molecule is Cc1ccc2nc(NN)c(-c3ccc(Cl)cc3)cc2c1. The lowest BCUT2D eigenvalue weighted by Crippen LogP contribution is -2.10. The minimum Gasteiger partial charge on any atom is -0.308 e. The molecule has 0 spiro atoms. The van der Waals surface area contributed by atoms with Crippen LogP contribution in [0.2, 0.25) is 5.02 Å². The topological polar surface area (TPSA) is 50.9 Å². The third kappa shape index (κ3) is 2.33. The first-order valence-electron chi connectivity index (χ1n) is 6.31. The lowest BCUT2D eigenvalue weighted by Gasteiger charge is -2.10. The third-order valence-corrected chi connectivity index (χ3v) is 3.51. The zero-order chi connectivity index (χ0) is 14.1. The highest BCUT2D eigenvalue weighted by Crippen LogP contribution is 2.30. The molecule has 0 fully saturated rings. The molecule has 0 unspecified atom stereocenters. The molecule has 3 aromatic rings. The normalized spacial score (nSPS) is 10.8. The second kappa shape index (κ2) is 5.12. The molecule has 0 saturated heterocycles. The molecule has 3 rings (SSSR count). The molecule has 2 aromatic carbocycles. The summed E-state index contributed by atoms with van der Waals surface area (Å²) >= 11 is 5.93. The molecule has 3 N–H and O–H groups in total. The van der Waals surface area contributed by atoms with E-state index in [1.165, 1.54) is 5.56 Å². The van der Waals surface area contributed by atoms with Gasteiger partial charge in [-0.15, -0.1) is 0 Å². The Labute approximate surface area is 122 Å². The summed E-state index contributed by atoms with van der Waals surface area (Å²) in [6, 6.07) is 15.9. The number of hydrogen-bond donors (Lipinski definition) is 2. The molecule has 0 amide bonds. The van der Waals surface area contributed by atoms with E-state index in [0.29, 0.717) is 10.8 Å². The van der Waals surface area contributed by atoms with Gasteiger partial charge >= 0.3 is 0 Å². The molecular weight excluding hydrogens is 270 g/mol. The number of nitrogens with zero attached hydrogens (tertiary/aromatic N) is 1. The maximum Gasteiger partial charge on any atom is 0.148 e. The summed E-state index contributed by atoms with van der Waals surface area (Å²) in [6.07, 6.45) is 0. The van der Waals surface area contributed by atoms with E-state index in [4.69, 9.17) is 17.4 Å². The Morgan fingerprint density at radius 1 is 1.05 bits per heavy atom. The van der Waals surface area contributed by atoms with Gasteiger partial charge in [0, 0.05) is 16.0 Å². The number of halogens is 1. The smallest absolute Gasteiger partial charge is 0.148 e. The van der Waals surface area contributed by atoms with Crippen molar-refractivity contribution in [1.82, 2.24) is 4.98 Å². The molecule has 100 valence electrons. The van der Waals surface area contributed by atoms with Crippen LogP contribution in [0.5, 0.6) is 0 Å².